The van der Waals surface area contributed by atoms with E-state index in [1.54, 1.807) is 6.20 Å². The fourth-order valence-electron chi connectivity index (χ4n) is 1.73. The number of allylic oxidation sites excluding steroid dienone is 1. The van der Waals surface area contributed by atoms with E-state index in [4.69, 9.17) is 5.11 Å². The molecule has 0 spiro atoms. The van der Waals surface area contributed by atoms with E-state index in [1.807, 2.05) is 6.08 Å². The van der Waals surface area contributed by atoms with Crippen LogP contribution in [0.25, 0.3) is 0 Å². The molecule has 0 saturated heterocycles. The van der Waals surface area contributed by atoms with Crippen molar-refractivity contribution >= 4 is 6.09 Å². The van der Waals surface area contributed by atoms with Gasteiger partial charge in [0.1, 0.15) is 0 Å². The van der Waals surface area contributed by atoms with Gasteiger partial charge in [0.05, 0.1) is 0 Å². The van der Waals surface area contributed by atoms with Crippen LogP contribution in [0, 0.1) is 5.92 Å². The standard InChI is InChI=1S/C10H17NO2/c1-8(2)7-9-5-3-4-6-11(9)10(12)13/h4,6,8-9H,3,5,7H2,1-2H3,(H,12,13). The van der Waals surface area contributed by atoms with Crippen LogP contribution < -0.4 is 0 Å². The van der Waals surface area contributed by atoms with E-state index in [0.29, 0.717) is 5.92 Å². The molecule has 1 N–H and O–H groups in total. The van der Waals surface area contributed by atoms with Crippen LogP contribution in [0.4, 0.5) is 4.79 Å². The molecule has 0 aliphatic carbocycles. The first-order valence-electron chi connectivity index (χ1n) is 4.79. The van der Waals surface area contributed by atoms with E-state index in [9.17, 15) is 4.79 Å². The van der Waals surface area contributed by atoms with Crippen molar-refractivity contribution in [2.45, 2.75) is 39.2 Å². The normalized spacial score (nSPS) is 22.4. The lowest BCUT2D eigenvalue weighted by Gasteiger charge is -2.30. The van der Waals surface area contributed by atoms with E-state index < -0.39 is 6.09 Å². The largest absolute Gasteiger partial charge is 0.465 e. The highest BCUT2D eigenvalue weighted by Crippen LogP contribution is 2.21. The molecule has 13 heavy (non-hydrogen) atoms. The number of hydrogen-bond donors (Lipinski definition) is 1. The molecule has 3 heteroatoms. The molecule has 1 aliphatic rings. The van der Waals surface area contributed by atoms with E-state index >= 15 is 0 Å². The van der Waals surface area contributed by atoms with Gasteiger partial charge in [-0.3, -0.25) is 4.90 Å². The molecule has 0 aromatic rings. The first kappa shape index (κ1) is 10.1. The lowest BCUT2D eigenvalue weighted by molar-refractivity contribution is 0.136. The molecule has 1 rings (SSSR count). The second kappa shape index (κ2) is 4.30. The summed E-state index contributed by atoms with van der Waals surface area (Å²) in [6.45, 7) is 4.25. The Balaban J connectivity index is 2.60. The van der Waals surface area contributed by atoms with Gasteiger partial charge in [-0.25, -0.2) is 4.79 Å². The number of rotatable bonds is 2. The maximum Gasteiger partial charge on any atom is 0.411 e. The monoisotopic (exact) mass is 183 g/mol. The van der Waals surface area contributed by atoms with Gasteiger partial charge in [0.25, 0.3) is 0 Å². The van der Waals surface area contributed by atoms with E-state index in [0.717, 1.165) is 19.3 Å². The molecular weight excluding hydrogens is 166 g/mol. The number of carboxylic acid groups (broad SMARTS) is 1. The van der Waals surface area contributed by atoms with Crippen molar-refractivity contribution in [1.82, 2.24) is 4.90 Å². The zero-order valence-corrected chi connectivity index (χ0v) is 8.23. The second-order valence-electron chi connectivity index (χ2n) is 3.94. The third-order valence-corrected chi connectivity index (χ3v) is 2.29. The van der Waals surface area contributed by atoms with Crippen molar-refractivity contribution in [1.29, 1.82) is 0 Å². The molecule has 0 fully saturated rings. The highest BCUT2D eigenvalue weighted by atomic mass is 16.4. The predicted molar refractivity (Wildman–Crippen MR) is 51.5 cm³/mol. The SMILES string of the molecule is CC(C)CC1CCC=CN1C(=O)O. The van der Waals surface area contributed by atoms with Gasteiger partial charge in [-0.2, -0.15) is 0 Å². The maximum atomic E-state index is 10.8. The summed E-state index contributed by atoms with van der Waals surface area (Å²) in [5, 5.41) is 8.90. The molecule has 0 aromatic heterocycles. The Morgan fingerprint density at radius 1 is 1.69 bits per heavy atom. The van der Waals surface area contributed by atoms with Gasteiger partial charge in [0.2, 0.25) is 0 Å². The van der Waals surface area contributed by atoms with Crippen molar-refractivity contribution in [3.8, 4) is 0 Å². The molecule has 1 amide bonds. The third-order valence-electron chi connectivity index (χ3n) is 2.29. The Kier molecular flexibility index (Phi) is 3.34. The van der Waals surface area contributed by atoms with Gasteiger partial charge in [-0.15, -0.1) is 0 Å². The van der Waals surface area contributed by atoms with Crippen LogP contribution >= 0.6 is 0 Å². The van der Waals surface area contributed by atoms with Gasteiger partial charge < -0.3 is 5.11 Å². The molecule has 3 nitrogen and oxygen atoms in total. The molecule has 1 unspecified atom stereocenters. The summed E-state index contributed by atoms with van der Waals surface area (Å²) in [4.78, 5) is 12.3. The van der Waals surface area contributed by atoms with Crippen LogP contribution in [0.2, 0.25) is 0 Å². The van der Waals surface area contributed by atoms with Crippen molar-refractivity contribution < 1.29 is 9.90 Å². The maximum absolute atomic E-state index is 10.8. The minimum atomic E-state index is -0.832. The van der Waals surface area contributed by atoms with Crippen LogP contribution in [0.3, 0.4) is 0 Å². The predicted octanol–water partition coefficient (Wildman–Crippen LogP) is 2.69. The number of nitrogens with zero attached hydrogens (tertiary/aromatic N) is 1. The van der Waals surface area contributed by atoms with Gasteiger partial charge in [0.15, 0.2) is 0 Å². The van der Waals surface area contributed by atoms with Crippen LogP contribution in [0.5, 0.6) is 0 Å². The number of amides is 1. The fourth-order valence-corrected chi connectivity index (χ4v) is 1.73. The quantitative estimate of drug-likeness (QED) is 0.715. The molecule has 74 valence electrons. The van der Waals surface area contributed by atoms with Gasteiger partial charge in [-0.05, 0) is 25.2 Å². The Morgan fingerprint density at radius 3 is 2.92 bits per heavy atom. The van der Waals surface area contributed by atoms with E-state index in [1.165, 1.54) is 4.90 Å². The van der Waals surface area contributed by atoms with Gasteiger partial charge in [-0.1, -0.05) is 19.9 Å². The number of hydrogen-bond acceptors (Lipinski definition) is 1. The Morgan fingerprint density at radius 2 is 2.38 bits per heavy atom. The topological polar surface area (TPSA) is 40.5 Å². The molecule has 0 saturated carbocycles. The number of carbonyl (C=O) groups is 1. The van der Waals surface area contributed by atoms with E-state index in [2.05, 4.69) is 13.8 Å². The zero-order valence-electron chi connectivity index (χ0n) is 8.23. The first-order chi connectivity index (χ1) is 6.11. The van der Waals surface area contributed by atoms with Crippen LogP contribution in [0.1, 0.15) is 33.1 Å². The average Bonchev–Trinajstić information content (AvgIpc) is 2.03. The minimum absolute atomic E-state index is 0.183. The van der Waals surface area contributed by atoms with Crippen molar-refractivity contribution in [3.63, 3.8) is 0 Å². The molecule has 1 aliphatic heterocycles. The second-order valence-corrected chi connectivity index (χ2v) is 3.94. The van der Waals surface area contributed by atoms with E-state index in [-0.39, 0.29) is 6.04 Å². The highest BCUT2D eigenvalue weighted by molar-refractivity contribution is 5.67. The lowest BCUT2D eigenvalue weighted by atomic mass is 9.97. The fraction of sp³-hybridized carbons (Fsp3) is 0.700. The van der Waals surface area contributed by atoms with Crippen LogP contribution in [0.15, 0.2) is 12.3 Å². The summed E-state index contributed by atoms with van der Waals surface area (Å²) in [7, 11) is 0. The Labute approximate surface area is 79.0 Å². The molecular formula is C10H17NO2. The van der Waals surface area contributed by atoms with Gasteiger partial charge >= 0.3 is 6.09 Å². The van der Waals surface area contributed by atoms with Crippen molar-refractivity contribution in [2.24, 2.45) is 5.92 Å². The first-order valence-corrected chi connectivity index (χ1v) is 4.79. The van der Waals surface area contributed by atoms with Crippen LogP contribution in [-0.2, 0) is 0 Å². The Bertz CT molecular complexity index is 211. The summed E-state index contributed by atoms with van der Waals surface area (Å²) in [6, 6.07) is 0.183. The van der Waals surface area contributed by atoms with Crippen molar-refractivity contribution in [3.05, 3.63) is 12.3 Å². The minimum Gasteiger partial charge on any atom is -0.465 e. The summed E-state index contributed by atoms with van der Waals surface area (Å²) in [5.41, 5.74) is 0. The summed E-state index contributed by atoms with van der Waals surface area (Å²) in [5.74, 6) is 0.554. The third kappa shape index (κ3) is 2.76. The highest BCUT2D eigenvalue weighted by Gasteiger charge is 2.23. The smallest absolute Gasteiger partial charge is 0.411 e. The molecule has 0 aromatic carbocycles. The molecule has 1 atom stereocenters. The van der Waals surface area contributed by atoms with Crippen molar-refractivity contribution in [2.75, 3.05) is 0 Å². The summed E-state index contributed by atoms with van der Waals surface area (Å²) >= 11 is 0. The van der Waals surface area contributed by atoms with Crippen LogP contribution in [-0.4, -0.2) is 22.1 Å². The zero-order chi connectivity index (χ0) is 9.84. The Hall–Kier alpha value is -0.990. The lowest BCUT2D eigenvalue weighted by Crippen LogP contribution is -2.37. The molecule has 1 heterocycles. The summed E-state index contributed by atoms with van der Waals surface area (Å²) in [6.07, 6.45) is 5.70. The van der Waals surface area contributed by atoms with Gasteiger partial charge in [0, 0.05) is 12.2 Å². The average molecular weight is 183 g/mol. The molecule has 0 bridgehead atoms. The molecule has 0 radical (unpaired) electrons. The summed E-state index contributed by atoms with van der Waals surface area (Å²) < 4.78 is 0.